The SMILES string of the molecule is Cc1ccc(-c2c(C(=O)NN=Cc3cccc4ccccc34)nnn2-c2nonc2N)cc1. The van der Waals surface area contributed by atoms with Crippen LogP contribution in [0.3, 0.4) is 0 Å². The van der Waals surface area contributed by atoms with Gasteiger partial charge < -0.3 is 5.73 Å². The van der Waals surface area contributed by atoms with Gasteiger partial charge in [-0.05, 0) is 28.0 Å². The van der Waals surface area contributed by atoms with E-state index in [1.165, 1.54) is 4.68 Å². The van der Waals surface area contributed by atoms with E-state index >= 15 is 0 Å². The van der Waals surface area contributed by atoms with E-state index in [-0.39, 0.29) is 17.3 Å². The fourth-order valence-electron chi connectivity index (χ4n) is 3.47. The molecule has 0 bridgehead atoms. The molecule has 0 aliphatic carbocycles. The highest BCUT2D eigenvalue weighted by atomic mass is 16.6. The van der Waals surface area contributed by atoms with E-state index in [4.69, 9.17) is 10.4 Å². The molecule has 10 heteroatoms. The second-order valence-electron chi connectivity index (χ2n) is 7.31. The van der Waals surface area contributed by atoms with Crippen LogP contribution in [0.1, 0.15) is 21.6 Å². The molecule has 0 unspecified atom stereocenters. The zero-order valence-corrected chi connectivity index (χ0v) is 17.5. The van der Waals surface area contributed by atoms with E-state index in [2.05, 4.69) is 31.2 Å². The van der Waals surface area contributed by atoms with Gasteiger partial charge in [-0.1, -0.05) is 77.5 Å². The molecule has 2 aromatic heterocycles. The predicted molar refractivity (Wildman–Crippen MR) is 123 cm³/mol. The first-order chi connectivity index (χ1) is 16.1. The lowest BCUT2D eigenvalue weighted by atomic mass is 10.1. The number of nitrogen functional groups attached to an aromatic ring is 1. The van der Waals surface area contributed by atoms with Crippen molar-refractivity contribution >= 4 is 28.7 Å². The summed E-state index contributed by atoms with van der Waals surface area (Å²) in [6, 6.07) is 21.3. The summed E-state index contributed by atoms with van der Waals surface area (Å²) in [5, 5.41) is 21.7. The van der Waals surface area contributed by atoms with E-state index in [1.807, 2.05) is 73.7 Å². The van der Waals surface area contributed by atoms with Gasteiger partial charge in [-0.15, -0.1) is 5.10 Å². The summed E-state index contributed by atoms with van der Waals surface area (Å²) < 4.78 is 6.01. The number of fused-ring (bicyclic) bond motifs is 1. The molecular weight excluding hydrogens is 420 g/mol. The van der Waals surface area contributed by atoms with Crippen LogP contribution in [0, 0.1) is 6.92 Å². The lowest BCUT2D eigenvalue weighted by Gasteiger charge is -2.06. The molecular formula is C23H18N8O2. The minimum absolute atomic E-state index is 0.0224. The fraction of sp³-hybridized carbons (Fsp3) is 0.0435. The summed E-state index contributed by atoms with van der Waals surface area (Å²) in [5.74, 6) is -0.381. The van der Waals surface area contributed by atoms with Gasteiger partial charge in [-0.3, -0.25) is 4.79 Å². The zero-order valence-electron chi connectivity index (χ0n) is 17.5. The zero-order chi connectivity index (χ0) is 22.8. The fourth-order valence-corrected chi connectivity index (χ4v) is 3.47. The maximum Gasteiger partial charge on any atom is 0.294 e. The number of carbonyl (C=O) groups is 1. The molecule has 162 valence electrons. The Morgan fingerprint density at radius 1 is 1.06 bits per heavy atom. The van der Waals surface area contributed by atoms with E-state index < -0.39 is 5.91 Å². The normalized spacial score (nSPS) is 11.3. The number of carbonyl (C=O) groups excluding carboxylic acids is 1. The van der Waals surface area contributed by atoms with Crippen LogP contribution in [-0.2, 0) is 0 Å². The summed E-state index contributed by atoms with van der Waals surface area (Å²) in [4.78, 5) is 13.0. The largest absolute Gasteiger partial charge is 0.378 e. The number of aryl methyl sites for hydroxylation is 1. The summed E-state index contributed by atoms with van der Waals surface area (Å²) in [6.45, 7) is 1.97. The molecule has 0 saturated carbocycles. The molecule has 0 saturated heterocycles. The standard InChI is InChI=1S/C23H18N8O2/c1-14-9-11-16(12-10-14)20-19(26-30-31(20)22-21(24)28-33-29-22)23(32)27-25-13-17-7-4-6-15-5-2-3-8-18(15)17/h2-13H,1H3,(H2,24,28)(H,27,32). The second kappa shape index (κ2) is 8.35. The molecule has 3 aromatic carbocycles. The highest BCUT2D eigenvalue weighted by Crippen LogP contribution is 2.26. The van der Waals surface area contributed by atoms with Gasteiger partial charge in [0, 0.05) is 11.1 Å². The number of hydrazone groups is 1. The highest BCUT2D eigenvalue weighted by molar-refractivity contribution is 6.01. The summed E-state index contributed by atoms with van der Waals surface area (Å²) in [6.07, 6.45) is 1.59. The molecule has 0 fully saturated rings. The van der Waals surface area contributed by atoms with Crippen LogP contribution in [0.25, 0.3) is 27.8 Å². The third-order valence-corrected chi connectivity index (χ3v) is 5.10. The van der Waals surface area contributed by atoms with Crippen molar-refractivity contribution in [3.8, 4) is 17.1 Å². The van der Waals surface area contributed by atoms with Crippen LogP contribution in [-0.4, -0.2) is 37.4 Å². The van der Waals surface area contributed by atoms with Gasteiger partial charge in [0.15, 0.2) is 5.69 Å². The third-order valence-electron chi connectivity index (χ3n) is 5.10. The predicted octanol–water partition coefficient (Wildman–Crippen LogP) is 3.13. The van der Waals surface area contributed by atoms with Gasteiger partial charge in [-0.2, -0.15) is 9.78 Å². The number of nitrogens with zero attached hydrogens (tertiary/aromatic N) is 6. The van der Waals surface area contributed by atoms with Crippen LogP contribution >= 0.6 is 0 Å². The molecule has 0 aliphatic rings. The second-order valence-corrected chi connectivity index (χ2v) is 7.31. The van der Waals surface area contributed by atoms with Crippen LogP contribution in [0.4, 0.5) is 5.82 Å². The topological polar surface area (TPSA) is 137 Å². The van der Waals surface area contributed by atoms with Gasteiger partial charge in [0.05, 0.1) is 6.21 Å². The lowest BCUT2D eigenvalue weighted by molar-refractivity contribution is 0.0950. The molecule has 3 N–H and O–H groups in total. The van der Waals surface area contributed by atoms with Gasteiger partial charge in [0.1, 0.15) is 5.69 Å². The van der Waals surface area contributed by atoms with Gasteiger partial charge >= 0.3 is 0 Å². The van der Waals surface area contributed by atoms with Gasteiger partial charge in [-0.25, -0.2) is 10.1 Å². The smallest absolute Gasteiger partial charge is 0.294 e. The Hall–Kier alpha value is -4.86. The van der Waals surface area contributed by atoms with E-state index in [0.29, 0.717) is 11.3 Å². The number of aromatic nitrogens is 5. The Morgan fingerprint density at radius 2 is 1.85 bits per heavy atom. The van der Waals surface area contributed by atoms with Crippen molar-refractivity contribution < 1.29 is 9.42 Å². The number of anilines is 1. The Balaban J connectivity index is 1.49. The van der Waals surface area contributed by atoms with Crippen molar-refractivity contribution in [3.63, 3.8) is 0 Å². The van der Waals surface area contributed by atoms with Crippen molar-refractivity contribution in [2.24, 2.45) is 5.10 Å². The number of nitrogens with one attached hydrogen (secondary N) is 1. The first kappa shape index (κ1) is 20.1. The molecule has 33 heavy (non-hydrogen) atoms. The molecule has 0 radical (unpaired) electrons. The maximum atomic E-state index is 13.0. The van der Waals surface area contributed by atoms with E-state index in [1.54, 1.807) is 6.21 Å². The highest BCUT2D eigenvalue weighted by Gasteiger charge is 2.25. The lowest BCUT2D eigenvalue weighted by Crippen LogP contribution is -2.19. The van der Waals surface area contributed by atoms with Crippen LogP contribution in [0.5, 0.6) is 0 Å². The number of hydrogen-bond donors (Lipinski definition) is 2. The molecule has 2 heterocycles. The summed E-state index contributed by atoms with van der Waals surface area (Å²) in [7, 11) is 0. The Bertz CT molecular complexity index is 1480. The maximum absolute atomic E-state index is 13.0. The van der Waals surface area contributed by atoms with Crippen LogP contribution in [0.15, 0.2) is 76.5 Å². The monoisotopic (exact) mass is 438 g/mol. The van der Waals surface area contributed by atoms with E-state index in [0.717, 1.165) is 21.9 Å². The Kier molecular flexibility index (Phi) is 5.07. The third kappa shape index (κ3) is 3.81. The minimum atomic E-state index is -0.539. The van der Waals surface area contributed by atoms with Crippen molar-refractivity contribution in [2.45, 2.75) is 6.92 Å². The number of benzene rings is 3. The molecule has 5 aromatic rings. The number of amides is 1. The molecule has 1 amide bonds. The molecule has 0 aliphatic heterocycles. The summed E-state index contributed by atoms with van der Waals surface area (Å²) in [5.41, 5.74) is 11.4. The molecule has 10 nitrogen and oxygen atoms in total. The van der Waals surface area contributed by atoms with Crippen molar-refractivity contribution in [3.05, 3.63) is 83.6 Å². The van der Waals surface area contributed by atoms with Crippen molar-refractivity contribution in [2.75, 3.05) is 5.73 Å². The molecule has 5 rings (SSSR count). The number of rotatable bonds is 5. The van der Waals surface area contributed by atoms with Crippen molar-refractivity contribution in [1.82, 2.24) is 30.7 Å². The number of hydrogen-bond acceptors (Lipinski definition) is 8. The van der Waals surface area contributed by atoms with Crippen molar-refractivity contribution in [1.29, 1.82) is 0 Å². The van der Waals surface area contributed by atoms with Gasteiger partial charge in [0.25, 0.3) is 5.91 Å². The number of nitrogens with two attached hydrogens (primary N) is 1. The van der Waals surface area contributed by atoms with E-state index in [9.17, 15) is 4.79 Å². The van der Waals surface area contributed by atoms with Crippen LogP contribution in [0.2, 0.25) is 0 Å². The van der Waals surface area contributed by atoms with Gasteiger partial charge in [0.2, 0.25) is 11.6 Å². The first-order valence-corrected chi connectivity index (χ1v) is 10.0. The quantitative estimate of drug-likeness (QED) is 0.318. The molecule has 0 spiro atoms. The average molecular weight is 438 g/mol. The van der Waals surface area contributed by atoms with Crippen LogP contribution < -0.4 is 11.2 Å². The Morgan fingerprint density at radius 3 is 2.64 bits per heavy atom. The summed E-state index contributed by atoms with van der Waals surface area (Å²) >= 11 is 0. The molecule has 0 atom stereocenters. The average Bonchev–Trinajstić information content (AvgIpc) is 3.45. The minimum Gasteiger partial charge on any atom is -0.378 e. The first-order valence-electron chi connectivity index (χ1n) is 10.0. The Labute approximate surface area is 187 Å².